The Labute approximate surface area is 143 Å². The van der Waals surface area contributed by atoms with Gasteiger partial charge in [0.05, 0.1) is 31.4 Å². The number of aromatic nitrogens is 2. The van der Waals surface area contributed by atoms with Gasteiger partial charge in [-0.05, 0) is 32.4 Å². The first-order valence-corrected chi connectivity index (χ1v) is 8.80. The normalized spacial score (nSPS) is 22.4. The number of piperidine rings is 1. The zero-order chi connectivity index (χ0) is 16.8. The van der Waals surface area contributed by atoms with Crippen molar-refractivity contribution in [2.45, 2.75) is 26.3 Å². The third-order valence-electron chi connectivity index (χ3n) is 4.51. The van der Waals surface area contributed by atoms with Gasteiger partial charge >= 0.3 is 5.97 Å². The lowest BCUT2D eigenvalue weighted by Gasteiger charge is -2.31. The molecule has 1 atom stereocenters. The first-order valence-electron chi connectivity index (χ1n) is 8.80. The summed E-state index contributed by atoms with van der Waals surface area (Å²) in [6.45, 7) is 7.90. The maximum Gasteiger partial charge on any atom is 0.310 e. The fraction of sp³-hybridized carbons (Fsp3) is 0.706. The van der Waals surface area contributed by atoms with Crippen LogP contribution in [0.1, 0.15) is 25.5 Å². The minimum absolute atomic E-state index is 0.0146. The SMILES string of the molecule is CCOC(=O)[C@H]1CCCN(Cc2ccnc(N3CCOCC3)n2)C1. The lowest BCUT2D eigenvalue weighted by atomic mass is 9.98. The molecule has 2 aliphatic rings. The molecular weight excluding hydrogens is 308 g/mol. The van der Waals surface area contributed by atoms with E-state index in [9.17, 15) is 4.79 Å². The molecule has 1 aromatic heterocycles. The van der Waals surface area contributed by atoms with Crippen molar-refractivity contribution in [3.05, 3.63) is 18.0 Å². The predicted molar refractivity (Wildman–Crippen MR) is 89.7 cm³/mol. The molecule has 24 heavy (non-hydrogen) atoms. The van der Waals surface area contributed by atoms with E-state index in [0.29, 0.717) is 6.61 Å². The van der Waals surface area contributed by atoms with Gasteiger partial charge in [0.1, 0.15) is 0 Å². The monoisotopic (exact) mass is 334 g/mol. The predicted octanol–water partition coefficient (Wildman–Crippen LogP) is 1.09. The van der Waals surface area contributed by atoms with E-state index < -0.39 is 0 Å². The van der Waals surface area contributed by atoms with Gasteiger partial charge in [0, 0.05) is 32.4 Å². The fourth-order valence-electron chi connectivity index (χ4n) is 3.27. The second-order valence-corrected chi connectivity index (χ2v) is 6.27. The van der Waals surface area contributed by atoms with Crippen LogP contribution in [0.3, 0.4) is 0 Å². The largest absolute Gasteiger partial charge is 0.466 e. The summed E-state index contributed by atoms with van der Waals surface area (Å²) in [6.07, 6.45) is 3.75. The first-order chi connectivity index (χ1) is 11.8. The van der Waals surface area contributed by atoms with Gasteiger partial charge in [-0.3, -0.25) is 9.69 Å². The van der Waals surface area contributed by atoms with Crippen molar-refractivity contribution in [3.63, 3.8) is 0 Å². The summed E-state index contributed by atoms with van der Waals surface area (Å²) < 4.78 is 10.5. The minimum atomic E-state index is -0.0705. The molecule has 2 fully saturated rings. The highest BCUT2D eigenvalue weighted by molar-refractivity contribution is 5.72. The molecule has 3 rings (SSSR count). The Hall–Kier alpha value is -1.73. The highest BCUT2D eigenvalue weighted by atomic mass is 16.5. The van der Waals surface area contributed by atoms with Crippen LogP contribution in [-0.2, 0) is 20.8 Å². The van der Waals surface area contributed by atoms with Crippen molar-refractivity contribution in [1.82, 2.24) is 14.9 Å². The molecule has 3 heterocycles. The molecule has 0 saturated carbocycles. The van der Waals surface area contributed by atoms with E-state index in [1.807, 2.05) is 19.2 Å². The van der Waals surface area contributed by atoms with Gasteiger partial charge in [-0.1, -0.05) is 0 Å². The van der Waals surface area contributed by atoms with Crippen molar-refractivity contribution >= 4 is 11.9 Å². The molecule has 0 spiro atoms. The number of carbonyl (C=O) groups is 1. The molecular formula is C17H26N4O3. The molecule has 7 heteroatoms. The highest BCUT2D eigenvalue weighted by Crippen LogP contribution is 2.20. The van der Waals surface area contributed by atoms with Gasteiger partial charge in [-0.15, -0.1) is 0 Å². The Morgan fingerprint density at radius 1 is 1.38 bits per heavy atom. The second-order valence-electron chi connectivity index (χ2n) is 6.27. The van der Waals surface area contributed by atoms with Crippen molar-refractivity contribution < 1.29 is 14.3 Å². The summed E-state index contributed by atoms with van der Waals surface area (Å²) in [6, 6.07) is 1.96. The average molecular weight is 334 g/mol. The van der Waals surface area contributed by atoms with Crippen molar-refractivity contribution in [3.8, 4) is 0 Å². The molecule has 0 amide bonds. The Kier molecular flexibility index (Phi) is 5.98. The van der Waals surface area contributed by atoms with Crippen LogP contribution in [0.4, 0.5) is 5.95 Å². The third-order valence-corrected chi connectivity index (χ3v) is 4.51. The molecule has 0 radical (unpaired) electrons. The van der Waals surface area contributed by atoms with Gasteiger partial charge in [-0.2, -0.15) is 0 Å². The number of carbonyl (C=O) groups excluding carboxylic acids is 1. The quantitative estimate of drug-likeness (QED) is 0.747. The summed E-state index contributed by atoms with van der Waals surface area (Å²) >= 11 is 0. The van der Waals surface area contributed by atoms with Crippen LogP contribution in [0, 0.1) is 5.92 Å². The number of rotatable bonds is 5. The lowest BCUT2D eigenvalue weighted by Crippen LogP contribution is -2.39. The van der Waals surface area contributed by atoms with Crippen molar-refractivity contribution in [1.29, 1.82) is 0 Å². The van der Waals surface area contributed by atoms with E-state index in [-0.39, 0.29) is 11.9 Å². The summed E-state index contributed by atoms with van der Waals surface area (Å²) in [5.41, 5.74) is 0.996. The Balaban J connectivity index is 1.59. The number of morpholine rings is 1. The Morgan fingerprint density at radius 3 is 3.00 bits per heavy atom. The molecule has 0 aromatic carbocycles. The fourth-order valence-corrected chi connectivity index (χ4v) is 3.27. The Morgan fingerprint density at radius 2 is 2.21 bits per heavy atom. The Bertz CT molecular complexity index is 548. The standard InChI is InChI=1S/C17H26N4O3/c1-2-24-16(22)14-4-3-7-20(12-14)13-15-5-6-18-17(19-15)21-8-10-23-11-9-21/h5-6,14H,2-4,7-13H2,1H3/t14-/m0/s1. The number of likely N-dealkylation sites (tertiary alicyclic amines) is 1. The van der Waals surface area contributed by atoms with Gasteiger partial charge in [0.25, 0.3) is 0 Å². The molecule has 0 unspecified atom stereocenters. The zero-order valence-corrected chi connectivity index (χ0v) is 14.3. The molecule has 1 aromatic rings. The van der Waals surface area contributed by atoms with Crippen LogP contribution in [-0.4, -0.2) is 66.8 Å². The number of ether oxygens (including phenoxy) is 2. The number of anilines is 1. The van der Waals surface area contributed by atoms with Gasteiger partial charge in [0.15, 0.2) is 0 Å². The number of hydrogen-bond acceptors (Lipinski definition) is 7. The summed E-state index contributed by atoms with van der Waals surface area (Å²) in [4.78, 5) is 25.5. The highest BCUT2D eigenvalue weighted by Gasteiger charge is 2.27. The van der Waals surface area contributed by atoms with Crippen LogP contribution in [0.2, 0.25) is 0 Å². The zero-order valence-electron chi connectivity index (χ0n) is 14.3. The van der Waals surface area contributed by atoms with E-state index in [4.69, 9.17) is 14.5 Å². The molecule has 2 aliphatic heterocycles. The van der Waals surface area contributed by atoms with Crippen LogP contribution in [0.5, 0.6) is 0 Å². The molecule has 0 aliphatic carbocycles. The van der Waals surface area contributed by atoms with Gasteiger partial charge < -0.3 is 14.4 Å². The van der Waals surface area contributed by atoms with Crippen LogP contribution < -0.4 is 4.90 Å². The third kappa shape index (κ3) is 4.42. The number of nitrogens with zero attached hydrogens (tertiary/aromatic N) is 4. The van der Waals surface area contributed by atoms with Crippen LogP contribution in [0.25, 0.3) is 0 Å². The lowest BCUT2D eigenvalue weighted by molar-refractivity contribution is -0.150. The molecule has 0 N–H and O–H groups in total. The van der Waals surface area contributed by atoms with E-state index in [0.717, 1.165) is 70.4 Å². The van der Waals surface area contributed by atoms with E-state index in [2.05, 4.69) is 14.8 Å². The maximum atomic E-state index is 12.0. The summed E-state index contributed by atoms with van der Waals surface area (Å²) in [7, 11) is 0. The van der Waals surface area contributed by atoms with E-state index in [1.165, 1.54) is 0 Å². The molecule has 7 nitrogen and oxygen atoms in total. The minimum Gasteiger partial charge on any atom is -0.466 e. The smallest absolute Gasteiger partial charge is 0.310 e. The van der Waals surface area contributed by atoms with E-state index >= 15 is 0 Å². The van der Waals surface area contributed by atoms with E-state index in [1.54, 1.807) is 0 Å². The summed E-state index contributed by atoms with van der Waals surface area (Å²) in [5, 5.41) is 0. The average Bonchev–Trinajstić information content (AvgIpc) is 2.63. The van der Waals surface area contributed by atoms with Gasteiger partial charge in [0.2, 0.25) is 5.95 Å². The topological polar surface area (TPSA) is 67.8 Å². The second kappa shape index (κ2) is 8.39. The number of esters is 1. The molecule has 0 bridgehead atoms. The first kappa shape index (κ1) is 17.1. The molecule has 132 valence electrons. The van der Waals surface area contributed by atoms with Crippen molar-refractivity contribution in [2.75, 3.05) is 50.9 Å². The number of hydrogen-bond donors (Lipinski definition) is 0. The maximum absolute atomic E-state index is 12.0. The van der Waals surface area contributed by atoms with Crippen molar-refractivity contribution in [2.24, 2.45) is 5.92 Å². The van der Waals surface area contributed by atoms with Gasteiger partial charge in [-0.25, -0.2) is 9.97 Å². The van der Waals surface area contributed by atoms with Crippen LogP contribution in [0.15, 0.2) is 12.3 Å². The molecule has 2 saturated heterocycles. The summed E-state index contributed by atoms with van der Waals surface area (Å²) in [5.74, 6) is 0.688. The van der Waals surface area contributed by atoms with Crippen LogP contribution >= 0.6 is 0 Å².